The second kappa shape index (κ2) is 6.51. The number of benzene rings is 1. The van der Waals surface area contributed by atoms with Gasteiger partial charge < -0.3 is 10.2 Å². The Hall–Kier alpha value is -2.50. The number of amides is 1. The van der Waals surface area contributed by atoms with E-state index in [1.165, 1.54) is 12.1 Å². The predicted octanol–water partition coefficient (Wildman–Crippen LogP) is 2.47. The van der Waals surface area contributed by atoms with Gasteiger partial charge in [0, 0.05) is 31.2 Å². The van der Waals surface area contributed by atoms with Crippen molar-refractivity contribution in [3.63, 3.8) is 0 Å². The van der Waals surface area contributed by atoms with Crippen LogP contribution in [0.5, 0.6) is 0 Å². The second-order valence-electron chi connectivity index (χ2n) is 5.33. The van der Waals surface area contributed by atoms with E-state index in [1.807, 2.05) is 4.90 Å². The Labute approximate surface area is 128 Å². The summed E-state index contributed by atoms with van der Waals surface area (Å²) in [5, 5.41) is 2.84. The highest BCUT2D eigenvalue weighted by Crippen LogP contribution is 2.21. The van der Waals surface area contributed by atoms with Crippen LogP contribution in [0.1, 0.15) is 12.8 Å². The molecular formula is C16H17FN4O. The van der Waals surface area contributed by atoms with E-state index in [0.717, 1.165) is 19.4 Å². The largest absolute Gasteiger partial charge is 0.340 e. The Balaban J connectivity index is 1.64. The van der Waals surface area contributed by atoms with Gasteiger partial charge in [-0.1, -0.05) is 0 Å². The third kappa shape index (κ3) is 3.39. The maximum absolute atomic E-state index is 12.9. The smallest absolute Gasteiger partial charge is 0.229 e. The number of aromatic nitrogens is 2. The average molecular weight is 300 g/mol. The number of halogens is 1. The first-order valence-corrected chi connectivity index (χ1v) is 7.31. The predicted molar refractivity (Wildman–Crippen MR) is 82.0 cm³/mol. The van der Waals surface area contributed by atoms with Crippen LogP contribution in [-0.2, 0) is 4.79 Å². The van der Waals surface area contributed by atoms with Crippen LogP contribution in [0.25, 0.3) is 0 Å². The molecule has 1 aliphatic heterocycles. The highest BCUT2D eigenvalue weighted by molar-refractivity contribution is 5.93. The minimum absolute atomic E-state index is 0.0489. The molecule has 1 atom stereocenters. The second-order valence-corrected chi connectivity index (χ2v) is 5.33. The maximum Gasteiger partial charge on any atom is 0.229 e. The topological polar surface area (TPSA) is 58.1 Å². The molecule has 0 radical (unpaired) electrons. The zero-order chi connectivity index (χ0) is 15.4. The third-order valence-electron chi connectivity index (χ3n) is 3.74. The average Bonchev–Trinajstić information content (AvgIpc) is 2.58. The van der Waals surface area contributed by atoms with Gasteiger partial charge in [0.05, 0.1) is 5.92 Å². The van der Waals surface area contributed by atoms with Gasteiger partial charge in [-0.25, -0.2) is 14.4 Å². The van der Waals surface area contributed by atoms with Gasteiger partial charge in [-0.05, 0) is 43.2 Å². The minimum atomic E-state index is -0.317. The van der Waals surface area contributed by atoms with Crippen molar-refractivity contribution in [1.82, 2.24) is 9.97 Å². The van der Waals surface area contributed by atoms with E-state index in [2.05, 4.69) is 15.3 Å². The molecule has 1 amide bonds. The van der Waals surface area contributed by atoms with Crippen molar-refractivity contribution < 1.29 is 9.18 Å². The van der Waals surface area contributed by atoms with Crippen LogP contribution in [-0.4, -0.2) is 29.0 Å². The Bertz CT molecular complexity index is 632. The van der Waals surface area contributed by atoms with E-state index in [0.29, 0.717) is 18.2 Å². The number of piperidine rings is 1. The fraction of sp³-hybridized carbons (Fsp3) is 0.312. The van der Waals surface area contributed by atoms with Gasteiger partial charge in [0.1, 0.15) is 5.82 Å². The molecule has 0 unspecified atom stereocenters. The summed E-state index contributed by atoms with van der Waals surface area (Å²) in [7, 11) is 0. The summed E-state index contributed by atoms with van der Waals surface area (Å²) in [6.45, 7) is 1.45. The Morgan fingerprint density at radius 3 is 2.68 bits per heavy atom. The van der Waals surface area contributed by atoms with Gasteiger partial charge in [0.25, 0.3) is 0 Å². The van der Waals surface area contributed by atoms with Gasteiger partial charge in [0.2, 0.25) is 11.9 Å². The SMILES string of the molecule is O=C(Nc1ccc(F)cc1)[C@H]1CCCN(c2ncccn2)C1. The van der Waals surface area contributed by atoms with Crippen molar-refractivity contribution in [2.45, 2.75) is 12.8 Å². The van der Waals surface area contributed by atoms with Crippen LogP contribution in [0.2, 0.25) is 0 Å². The van der Waals surface area contributed by atoms with Crippen molar-refractivity contribution in [2.24, 2.45) is 5.92 Å². The molecule has 0 aliphatic carbocycles. The van der Waals surface area contributed by atoms with Gasteiger partial charge in [0.15, 0.2) is 0 Å². The number of nitrogens with zero attached hydrogens (tertiary/aromatic N) is 3. The van der Waals surface area contributed by atoms with Crippen molar-refractivity contribution in [1.29, 1.82) is 0 Å². The maximum atomic E-state index is 12.9. The van der Waals surface area contributed by atoms with Crippen LogP contribution in [0.15, 0.2) is 42.7 Å². The lowest BCUT2D eigenvalue weighted by molar-refractivity contribution is -0.120. The molecule has 1 aromatic heterocycles. The molecule has 6 heteroatoms. The summed E-state index contributed by atoms with van der Waals surface area (Å²) in [6, 6.07) is 7.57. The Kier molecular flexibility index (Phi) is 4.27. The first-order valence-electron chi connectivity index (χ1n) is 7.31. The minimum Gasteiger partial charge on any atom is -0.340 e. The molecular weight excluding hydrogens is 283 g/mol. The first kappa shape index (κ1) is 14.4. The van der Waals surface area contributed by atoms with E-state index in [9.17, 15) is 9.18 Å². The summed E-state index contributed by atoms with van der Waals surface area (Å²) >= 11 is 0. The molecule has 114 valence electrons. The van der Waals surface area contributed by atoms with E-state index in [-0.39, 0.29) is 17.6 Å². The van der Waals surface area contributed by atoms with Crippen LogP contribution < -0.4 is 10.2 Å². The molecule has 2 heterocycles. The number of nitrogens with one attached hydrogen (secondary N) is 1. The van der Waals surface area contributed by atoms with Gasteiger partial charge in [-0.3, -0.25) is 4.79 Å². The molecule has 0 spiro atoms. The molecule has 1 aliphatic rings. The van der Waals surface area contributed by atoms with Crippen LogP contribution in [0.4, 0.5) is 16.0 Å². The molecule has 22 heavy (non-hydrogen) atoms. The zero-order valence-electron chi connectivity index (χ0n) is 12.1. The van der Waals surface area contributed by atoms with Crippen molar-refractivity contribution in [3.8, 4) is 0 Å². The molecule has 0 saturated carbocycles. The number of hydrogen-bond donors (Lipinski definition) is 1. The lowest BCUT2D eigenvalue weighted by atomic mass is 9.97. The molecule has 1 N–H and O–H groups in total. The number of carbonyl (C=O) groups excluding carboxylic acids is 1. The van der Waals surface area contributed by atoms with Crippen LogP contribution >= 0.6 is 0 Å². The van der Waals surface area contributed by atoms with Gasteiger partial charge in [-0.2, -0.15) is 0 Å². The van der Waals surface area contributed by atoms with E-state index in [4.69, 9.17) is 0 Å². The summed E-state index contributed by atoms with van der Waals surface area (Å²) in [5.74, 6) is 0.166. The Morgan fingerprint density at radius 1 is 1.23 bits per heavy atom. The summed E-state index contributed by atoms with van der Waals surface area (Å²) in [6.07, 6.45) is 5.14. The summed E-state index contributed by atoms with van der Waals surface area (Å²) in [4.78, 5) is 22.8. The lowest BCUT2D eigenvalue weighted by Gasteiger charge is -2.31. The van der Waals surface area contributed by atoms with Crippen LogP contribution in [0, 0.1) is 11.7 Å². The Morgan fingerprint density at radius 2 is 1.95 bits per heavy atom. The zero-order valence-corrected chi connectivity index (χ0v) is 12.1. The van der Waals surface area contributed by atoms with Crippen molar-refractivity contribution in [3.05, 3.63) is 48.5 Å². The quantitative estimate of drug-likeness (QED) is 0.946. The van der Waals surface area contributed by atoms with Crippen molar-refractivity contribution >= 4 is 17.5 Å². The molecule has 1 saturated heterocycles. The fourth-order valence-corrected chi connectivity index (χ4v) is 2.60. The monoisotopic (exact) mass is 300 g/mol. The first-order chi connectivity index (χ1) is 10.7. The van der Waals surface area contributed by atoms with Crippen molar-refractivity contribution in [2.75, 3.05) is 23.3 Å². The van der Waals surface area contributed by atoms with Gasteiger partial charge >= 0.3 is 0 Å². The highest BCUT2D eigenvalue weighted by atomic mass is 19.1. The van der Waals surface area contributed by atoms with Gasteiger partial charge in [-0.15, -0.1) is 0 Å². The lowest BCUT2D eigenvalue weighted by Crippen LogP contribution is -2.41. The number of anilines is 2. The summed E-state index contributed by atoms with van der Waals surface area (Å²) < 4.78 is 12.9. The molecule has 2 aromatic rings. The normalized spacial score (nSPS) is 18.0. The standard InChI is InChI=1S/C16H17FN4O/c17-13-4-6-14(7-5-13)20-15(22)12-3-1-10-21(11-12)16-18-8-2-9-19-16/h2,4-9,12H,1,3,10-11H2,(H,20,22)/t12-/m0/s1. The molecule has 1 aromatic carbocycles. The van der Waals surface area contributed by atoms with E-state index >= 15 is 0 Å². The fourth-order valence-electron chi connectivity index (χ4n) is 2.60. The molecule has 0 bridgehead atoms. The van der Waals surface area contributed by atoms with E-state index in [1.54, 1.807) is 30.6 Å². The number of rotatable bonds is 3. The highest BCUT2D eigenvalue weighted by Gasteiger charge is 2.27. The third-order valence-corrected chi connectivity index (χ3v) is 3.74. The number of hydrogen-bond acceptors (Lipinski definition) is 4. The summed E-state index contributed by atoms with van der Waals surface area (Å²) in [5.41, 5.74) is 0.611. The van der Waals surface area contributed by atoms with Crippen LogP contribution in [0.3, 0.4) is 0 Å². The molecule has 3 rings (SSSR count). The number of carbonyl (C=O) groups is 1. The van der Waals surface area contributed by atoms with E-state index < -0.39 is 0 Å². The molecule has 1 fully saturated rings. The molecule has 5 nitrogen and oxygen atoms in total.